The molecule has 2 bridgehead atoms. The molecule has 1 aromatic heterocycles. The summed E-state index contributed by atoms with van der Waals surface area (Å²) in [6.07, 6.45) is 3.47. The van der Waals surface area contributed by atoms with Crippen LogP contribution in [0, 0.1) is 5.92 Å². The molecule has 7 heteroatoms. The second-order valence-electron chi connectivity index (χ2n) is 7.47. The Kier molecular flexibility index (Phi) is 4.40. The van der Waals surface area contributed by atoms with Crippen molar-refractivity contribution in [1.82, 2.24) is 19.8 Å². The maximum Gasteiger partial charge on any atom is 0.314 e. The van der Waals surface area contributed by atoms with Crippen molar-refractivity contribution in [1.29, 1.82) is 0 Å². The third-order valence-corrected chi connectivity index (χ3v) is 5.59. The van der Waals surface area contributed by atoms with E-state index >= 15 is 0 Å². The number of aromatic amines is 2. The number of carbonyl (C=O) groups is 1. The maximum absolute atomic E-state index is 13.1. The van der Waals surface area contributed by atoms with Gasteiger partial charge in [0.2, 0.25) is 0 Å². The van der Waals surface area contributed by atoms with Crippen LogP contribution >= 0.6 is 0 Å². The molecule has 0 radical (unpaired) electrons. The number of benzene rings is 1. The standard InChI is InChI=1S/C19H24N4O3/c1-2-7-22-9-12-3-5-14(22)11-23(10-12)19(26)13-4-6-15-16(8-13)21-18(25)17(24)20-15/h4,6,8,12,14H,2-3,5,7,9-11H2,1H3,(H,20,24)(H,21,25)/t12-,14-/m1/s1. The summed E-state index contributed by atoms with van der Waals surface area (Å²) in [7, 11) is 0. The molecule has 3 fully saturated rings. The molecule has 0 unspecified atom stereocenters. The fourth-order valence-electron chi connectivity index (χ4n) is 4.34. The molecule has 4 heterocycles. The highest BCUT2D eigenvalue weighted by atomic mass is 16.2. The van der Waals surface area contributed by atoms with E-state index in [1.165, 1.54) is 6.42 Å². The maximum atomic E-state index is 13.1. The number of rotatable bonds is 3. The van der Waals surface area contributed by atoms with E-state index in [-0.39, 0.29) is 5.91 Å². The Morgan fingerprint density at radius 2 is 1.85 bits per heavy atom. The number of aromatic nitrogens is 2. The summed E-state index contributed by atoms with van der Waals surface area (Å²) in [5.74, 6) is 0.523. The average Bonchev–Trinajstić information content (AvgIpc) is 2.94. The smallest absolute Gasteiger partial charge is 0.314 e. The highest BCUT2D eigenvalue weighted by molar-refractivity contribution is 5.97. The first-order chi connectivity index (χ1) is 12.5. The lowest BCUT2D eigenvalue weighted by molar-refractivity contribution is 0.0738. The number of H-pyrrole nitrogens is 2. The van der Waals surface area contributed by atoms with Gasteiger partial charge in [-0.05, 0) is 49.9 Å². The number of nitrogens with zero attached hydrogens (tertiary/aromatic N) is 2. The van der Waals surface area contributed by atoms with Gasteiger partial charge in [-0.15, -0.1) is 0 Å². The largest absolute Gasteiger partial charge is 0.337 e. The molecule has 3 aliphatic heterocycles. The summed E-state index contributed by atoms with van der Waals surface area (Å²) in [5, 5.41) is 0. The molecule has 3 saturated heterocycles. The van der Waals surface area contributed by atoms with Crippen molar-refractivity contribution in [3.63, 3.8) is 0 Å². The van der Waals surface area contributed by atoms with Crippen molar-refractivity contribution in [3.8, 4) is 0 Å². The molecule has 26 heavy (non-hydrogen) atoms. The minimum atomic E-state index is -0.704. The number of amides is 1. The van der Waals surface area contributed by atoms with Gasteiger partial charge in [-0.3, -0.25) is 19.3 Å². The Balaban J connectivity index is 1.61. The van der Waals surface area contributed by atoms with Gasteiger partial charge >= 0.3 is 11.1 Å². The van der Waals surface area contributed by atoms with Crippen molar-refractivity contribution in [2.45, 2.75) is 32.2 Å². The predicted molar refractivity (Wildman–Crippen MR) is 99.5 cm³/mol. The van der Waals surface area contributed by atoms with E-state index in [1.54, 1.807) is 18.2 Å². The Labute approximate surface area is 151 Å². The van der Waals surface area contributed by atoms with Crippen LogP contribution in [0.15, 0.2) is 27.8 Å². The van der Waals surface area contributed by atoms with E-state index in [0.29, 0.717) is 28.6 Å². The van der Waals surface area contributed by atoms with Crippen LogP contribution in [0.5, 0.6) is 0 Å². The molecule has 1 aromatic carbocycles. The molecule has 0 spiro atoms. The Morgan fingerprint density at radius 3 is 2.62 bits per heavy atom. The fourth-order valence-corrected chi connectivity index (χ4v) is 4.34. The van der Waals surface area contributed by atoms with E-state index in [1.807, 2.05) is 4.90 Å². The first-order valence-corrected chi connectivity index (χ1v) is 9.35. The average molecular weight is 356 g/mol. The van der Waals surface area contributed by atoms with Crippen LogP contribution in [0.1, 0.15) is 36.5 Å². The zero-order valence-electron chi connectivity index (χ0n) is 15.0. The van der Waals surface area contributed by atoms with Crippen molar-refractivity contribution < 1.29 is 4.79 Å². The van der Waals surface area contributed by atoms with Crippen LogP contribution in [-0.2, 0) is 0 Å². The monoisotopic (exact) mass is 356 g/mol. The van der Waals surface area contributed by atoms with Gasteiger partial charge in [0, 0.05) is 31.2 Å². The molecule has 5 rings (SSSR count). The van der Waals surface area contributed by atoms with Crippen molar-refractivity contribution in [2.75, 3.05) is 26.2 Å². The molecule has 2 atom stereocenters. The predicted octanol–water partition coefficient (Wildman–Crippen LogP) is 1.16. The molecule has 0 saturated carbocycles. The first kappa shape index (κ1) is 17.0. The molecule has 3 aliphatic rings. The fraction of sp³-hybridized carbons (Fsp3) is 0.526. The minimum Gasteiger partial charge on any atom is -0.337 e. The van der Waals surface area contributed by atoms with E-state index in [4.69, 9.17) is 0 Å². The third-order valence-electron chi connectivity index (χ3n) is 5.59. The Bertz CT molecular complexity index is 948. The van der Waals surface area contributed by atoms with Crippen LogP contribution in [0.3, 0.4) is 0 Å². The lowest BCUT2D eigenvalue weighted by Crippen LogP contribution is -2.44. The van der Waals surface area contributed by atoms with Gasteiger partial charge < -0.3 is 14.9 Å². The first-order valence-electron chi connectivity index (χ1n) is 9.35. The van der Waals surface area contributed by atoms with Crippen LogP contribution in [0.4, 0.5) is 0 Å². The summed E-state index contributed by atoms with van der Waals surface area (Å²) in [6, 6.07) is 5.49. The molecule has 0 aliphatic carbocycles. The summed E-state index contributed by atoms with van der Waals surface area (Å²) in [4.78, 5) is 45.6. The number of fused-ring (bicyclic) bond motifs is 5. The molecular formula is C19H24N4O3. The van der Waals surface area contributed by atoms with Gasteiger partial charge in [-0.2, -0.15) is 0 Å². The summed E-state index contributed by atoms with van der Waals surface area (Å²) < 4.78 is 0. The summed E-state index contributed by atoms with van der Waals surface area (Å²) >= 11 is 0. The molecular weight excluding hydrogens is 332 g/mol. The Hall–Kier alpha value is -2.41. The molecule has 1 amide bonds. The van der Waals surface area contributed by atoms with Crippen LogP contribution < -0.4 is 11.1 Å². The molecule has 2 aromatic rings. The highest BCUT2D eigenvalue weighted by Crippen LogP contribution is 2.29. The quantitative estimate of drug-likeness (QED) is 0.808. The van der Waals surface area contributed by atoms with Gasteiger partial charge in [-0.25, -0.2) is 0 Å². The molecule has 7 nitrogen and oxygen atoms in total. The number of nitrogens with one attached hydrogen (secondary N) is 2. The zero-order valence-corrected chi connectivity index (χ0v) is 15.0. The summed E-state index contributed by atoms with van der Waals surface area (Å²) in [6.45, 7) is 5.91. The van der Waals surface area contributed by atoms with E-state index in [2.05, 4.69) is 21.8 Å². The zero-order chi connectivity index (χ0) is 18.3. The number of piperidine rings is 1. The van der Waals surface area contributed by atoms with Crippen molar-refractivity contribution in [3.05, 3.63) is 44.5 Å². The van der Waals surface area contributed by atoms with Gasteiger partial charge in [0.15, 0.2) is 0 Å². The van der Waals surface area contributed by atoms with Gasteiger partial charge in [-0.1, -0.05) is 6.92 Å². The van der Waals surface area contributed by atoms with Crippen LogP contribution in [-0.4, -0.2) is 57.9 Å². The van der Waals surface area contributed by atoms with Crippen LogP contribution in [0.2, 0.25) is 0 Å². The number of carbonyl (C=O) groups excluding carboxylic acids is 1. The lowest BCUT2D eigenvalue weighted by Gasteiger charge is -2.35. The second kappa shape index (κ2) is 6.72. The van der Waals surface area contributed by atoms with Gasteiger partial charge in [0.05, 0.1) is 11.0 Å². The van der Waals surface area contributed by atoms with Crippen molar-refractivity contribution >= 4 is 16.9 Å². The topological polar surface area (TPSA) is 89.3 Å². The number of hydrogen-bond donors (Lipinski definition) is 2. The summed E-state index contributed by atoms with van der Waals surface area (Å²) in [5.41, 5.74) is 0.160. The van der Waals surface area contributed by atoms with E-state index in [0.717, 1.165) is 39.0 Å². The van der Waals surface area contributed by atoms with E-state index < -0.39 is 11.1 Å². The molecule has 2 N–H and O–H groups in total. The third kappa shape index (κ3) is 3.07. The second-order valence-corrected chi connectivity index (χ2v) is 7.47. The molecule has 138 valence electrons. The van der Waals surface area contributed by atoms with E-state index in [9.17, 15) is 14.4 Å². The van der Waals surface area contributed by atoms with Gasteiger partial charge in [0.1, 0.15) is 0 Å². The SMILES string of the molecule is CCCN1C[C@H]2CC[C@@H]1CN(C(=O)c1ccc3[nH]c(=O)c(=O)[nH]c3c1)C2. The van der Waals surface area contributed by atoms with Crippen molar-refractivity contribution in [2.24, 2.45) is 5.92 Å². The normalized spacial score (nSPS) is 23.3. The number of hydrogen-bond acceptors (Lipinski definition) is 4. The lowest BCUT2D eigenvalue weighted by atomic mass is 9.95. The van der Waals surface area contributed by atoms with Gasteiger partial charge in [0.25, 0.3) is 5.91 Å². The highest BCUT2D eigenvalue weighted by Gasteiger charge is 2.36. The minimum absolute atomic E-state index is 0.00537. The Morgan fingerprint density at radius 1 is 1.08 bits per heavy atom. The van der Waals surface area contributed by atoms with Crippen LogP contribution in [0.25, 0.3) is 11.0 Å².